The minimum Gasteiger partial charge on any atom is -0.372 e. The van der Waals surface area contributed by atoms with Gasteiger partial charge in [0.25, 0.3) is 0 Å². The lowest BCUT2D eigenvalue weighted by Gasteiger charge is -1.85. The van der Waals surface area contributed by atoms with Gasteiger partial charge >= 0.3 is 0 Å². The molecule has 1 N–H and O–H groups in total. The fourth-order valence-electron chi connectivity index (χ4n) is 0.478. The van der Waals surface area contributed by atoms with Gasteiger partial charge in [-0.15, -0.1) is 11.3 Å². The third kappa shape index (κ3) is 0.980. The van der Waals surface area contributed by atoms with Crippen molar-refractivity contribution in [2.45, 2.75) is 6.92 Å². The van der Waals surface area contributed by atoms with Gasteiger partial charge in [0.05, 0.1) is 5.01 Å². The molecule has 0 radical (unpaired) electrons. The van der Waals surface area contributed by atoms with Crippen molar-refractivity contribution in [3.05, 3.63) is 10.4 Å². The molecule has 0 unspecified atom stereocenters. The number of anilines is 1. The molecule has 0 bridgehead atoms. The maximum Gasteiger partial charge on any atom is 0.137 e. The zero-order valence-corrected chi connectivity index (χ0v) is 5.75. The first-order chi connectivity index (χ1) is 3.83. The van der Waals surface area contributed by atoms with Crippen LogP contribution in [0.4, 0.5) is 5.82 Å². The Morgan fingerprint density at radius 2 is 2.50 bits per heavy atom. The summed E-state index contributed by atoms with van der Waals surface area (Å²) in [6, 6.07) is 0. The normalized spacial score (nSPS) is 9.25. The molecule has 0 atom stereocenters. The number of nitrogens with one attached hydrogen (secondary N) is 1. The Bertz CT molecular complexity index is 171. The highest BCUT2D eigenvalue weighted by Crippen LogP contribution is 2.10. The van der Waals surface area contributed by atoms with Crippen LogP contribution >= 0.6 is 11.3 Å². The molecule has 0 spiro atoms. The molecule has 1 heterocycles. The molecule has 44 valence electrons. The second-order valence-electron chi connectivity index (χ2n) is 1.50. The molecule has 0 fully saturated rings. The summed E-state index contributed by atoms with van der Waals surface area (Å²) in [5.74, 6) is 0.965. The SMILES string of the molecule is CNc1csc(C)n1. The Kier molecular flexibility index (Phi) is 1.48. The van der Waals surface area contributed by atoms with Crippen molar-refractivity contribution in [3.63, 3.8) is 0 Å². The van der Waals surface area contributed by atoms with Crippen molar-refractivity contribution in [1.82, 2.24) is 4.98 Å². The molecule has 0 saturated carbocycles. The van der Waals surface area contributed by atoms with Crippen molar-refractivity contribution in [2.24, 2.45) is 0 Å². The van der Waals surface area contributed by atoms with Crippen molar-refractivity contribution in [1.29, 1.82) is 0 Å². The van der Waals surface area contributed by atoms with Crippen LogP contribution in [0, 0.1) is 6.92 Å². The Morgan fingerprint density at radius 1 is 1.75 bits per heavy atom. The highest BCUT2D eigenvalue weighted by molar-refractivity contribution is 7.09. The van der Waals surface area contributed by atoms with Gasteiger partial charge in [0.15, 0.2) is 0 Å². The molecule has 8 heavy (non-hydrogen) atoms. The summed E-state index contributed by atoms with van der Waals surface area (Å²) in [4.78, 5) is 4.14. The van der Waals surface area contributed by atoms with E-state index >= 15 is 0 Å². The predicted molar refractivity (Wildman–Crippen MR) is 36.4 cm³/mol. The van der Waals surface area contributed by atoms with Gasteiger partial charge in [-0.3, -0.25) is 0 Å². The van der Waals surface area contributed by atoms with E-state index in [0.29, 0.717) is 0 Å². The number of aryl methyl sites for hydroxylation is 1. The first kappa shape index (κ1) is 5.56. The number of aromatic nitrogens is 1. The summed E-state index contributed by atoms with van der Waals surface area (Å²) in [5, 5.41) is 6.05. The third-order valence-electron chi connectivity index (χ3n) is 0.875. The zero-order valence-electron chi connectivity index (χ0n) is 4.93. The van der Waals surface area contributed by atoms with E-state index in [1.807, 2.05) is 19.4 Å². The maximum absolute atomic E-state index is 4.14. The van der Waals surface area contributed by atoms with Gasteiger partial charge in [0.1, 0.15) is 5.82 Å². The molecule has 0 aliphatic rings. The number of hydrogen-bond acceptors (Lipinski definition) is 3. The summed E-state index contributed by atoms with van der Waals surface area (Å²) in [6.45, 7) is 1.99. The summed E-state index contributed by atoms with van der Waals surface area (Å²) in [5.41, 5.74) is 0. The minimum atomic E-state index is 0.965. The number of nitrogens with zero attached hydrogens (tertiary/aromatic N) is 1. The van der Waals surface area contributed by atoms with E-state index in [0.717, 1.165) is 10.8 Å². The minimum absolute atomic E-state index is 0.965. The van der Waals surface area contributed by atoms with Gasteiger partial charge in [-0.05, 0) is 6.92 Å². The van der Waals surface area contributed by atoms with Crippen molar-refractivity contribution >= 4 is 17.2 Å². The monoisotopic (exact) mass is 128 g/mol. The van der Waals surface area contributed by atoms with Crippen LogP contribution in [0.15, 0.2) is 5.38 Å². The Hall–Kier alpha value is -0.570. The average Bonchev–Trinajstić information content (AvgIpc) is 2.14. The number of thiazole rings is 1. The lowest BCUT2D eigenvalue weighted by atomic mass is 10.7. The highest BCUT2D eigenvalue weighted by atomic mass is 32.1. The van der Waals surface area contributed by atoms with Crippen LogP contribution in [0.1, 0.15) is 5.01 Å². The topological polar surface area (TPSA) is 24.9 Å². The maximum atomic E-state index is 4.14. The standard InChI is InChI=1S/C5H8N2S/c1-4-7-5(6-2)3-8-4/h3,6H,1-2H3. The lowest BCUT2D eigenvalue weighted by molar-refractivity contribution is 1.27. The molecule has 0 aliphatic heterocycles. The van der Waals surface area contributed by atoms with E-state index in [9.17, 15) is 0 Å². The van der Waals surface area contributed by atoms with E-state index in [1.165, 1.54) is 0 Å². The molecule has 1 aromatic heterocycles. The van der Waals surface area contributed by atoms with Crippen molar-refractivity contribution < 1.29 is 0 Å². The molecule has 0 aromatic carbocycles. The average molecular weight is 128 g/mol. The van der Waals surface area contributed by atoms with Gasteiger partial charge in [0.2, 0.25) is 0 Å². The van der Waals surface area contributed by atoms with Gasteiger partial charge in [-0.25, -0.2) is 4.98 Å². The molecule has 2 nitrogen and oxygen atoms in total. The molecule has 3 heteroatoms. The molecule has 0 amide bonds. The van der Waals surface area contributed by atoms with E-state index in [1.54, 1.807) is 11.3 Å². The fourth-order valence-corrected chi connectivity index (χ4v) is 1.08. The van der Waals surface area contributed by atoms with Crippen LogP contribution in [-0.4, -0.2) is 12.0 Å². The van der Waals surface area contributed by atoms with E-state index < -0.39 is 0 Å². The number of hydrogen-bond donors (Lipinski definition) is 1. The smallest absolute Gasteiger partial charge is 0.137 e. The second-order valence-corrected chi connectivity index (χ2v) is 2.56. The van der Waals surface area contributed by atoms with E-state index in [4.69, 9.17) is 0 Å². The second kappa shape index (κ2) is 2.13. The van der Waals surface area contributed by atoms with Gasteiger partial charge in [-0.2, -0.15) is 0 Å². The Labute approximate surface area is 52.6 Å². The van der Waals surface area contributed by atoms with Crippen LogP contribution in [0.25, 0.3) is 0 Å². The van der Waals surface area contributed by atoms with Gasteiger partial charge in [-0.1, -0.05) is 0 Å². The Morgan fingerprint density at radius 3 is 2.75 bits per heavy atom. The first-order valence-electron chi connectivity index (χ1n) is 2.43. The highest BCUT2D eigenvalue weighted by Gasteiger charge is 1.90. The molecule has 0 saturated heterocycles. The molecule has 0 aliphatic carbocycles. The van der Waals surface area contributed by atoms with Crippen LogP contribution in [-0.2, 0) is 0 Å². The largest absolute Gasteiger partial charge is 0.372 e. The van der Waals surface area contributed by atoms with Crippen LogP contribution in [0.2, 0.25) is 0 Å². The molecular weight excluding hydrogens is 120 g/mol. The van der Waals surface area contributed by atoms with Crippen molar-refractivity contribution in [3.8, 4) is 0 Å². The molecule has 1 aromatic rings. The first-order valence-corrected chi connectivity index (χ1v) is 3.31. The van der Waals surface area contributed by atoms with Crippen LogP contribution in [0.5, 0.6) is 0 Å². The summed E-state index contributed by atoms with van der Waals surface area (Å²) in [6.07, 6.45) is 0. The van der Waals surface area contributed by atoms with Crippen molar-refractivity contribution in [2.75, 3.05) is 12.4 Å². The van der Waals surface area contributed by atoms with Crippen LogP contribution in [0.3, 0.4) is 0 Å². The van der Waals surface area contributed by atoms with Crippen LogP contribution < -0.4 is 5.32 Å². The number of rotatable bonds is 1. The summed E-state index contributed by atoms with van der Waals surface area (Å²) >= 11 is 1.66. The van der Waals surface area contributed by atoms with Gasteiger partial charge in [0, 0.05) is 12.4 Å². The molecule has 1 rings (SSSR count). The van der Waals surface area contributed by atoms with E-state index in [-0.39, 0.29) is 0 Å². The predicted octanol–water partition coefficient (Wildman–Crippen LogP) is 1.49. The lowest BCUT2D eigenvalue weighted by Crippen LogP contribution is -1.85. The van der Waals surface area contributed by atoms with E-state index in [2.05, 4.69) is 10.3 Å². The Balaban J connectivity index is 2.84. The quantitative estimate of drug-likeness (QED) is 0.620. The fraction of sp³-hybridized carbons (Fsp3) is 0.400. The summed E-state index contributed by atoms with van der Waals surface area (Å²) in [7, 11) is 1.87. The molecular formula is C5H8N2S. The zero-order chi connectivity index (χ0) is 5.98. The third-order valence-corrected chi connectivity index (χ3v) is 1.65. The van der Waals surface area contributed by atoms with Gasteiger partial charge < -0.3 is 5.32 Å². The summed E-state index contributed by atoms with van der Waals surface area (Å²) < 4.78 is 0.